The van der Waals surface area contributed by atoms with Crippen molar-refractivity contribution in [2.24, 2.45) is 0 Å². The monoisotopic (exact) mass is 282 g/mol. The van der Waals surface area contributed by atoms with Gasteiger partial charge in [-0.2, -0.15) is 0 Å². The van der Waals surface area contributed by atoms with Crippen LogP contribution in [-0.4, -0.2) is 11.7 Å². The van der Waals surface area contributed by atoms with Crippen molar-refractivity contribution >= 4 is 0 Å². The van der Waals surface area contributed by atoms with Crippen molar-refractivity contribution in [1.82, 2.24) is 0 Å². The molecule has 0 saturated heterocycles. The molecule has 0 fully saturated rings. The molecule has 1 N–H and O–H groups in total. The Morgan fingerprint density at radius 3 is 2.48 bits per heavy atom. The minimum atomic E-state index is -0.514. The number of fused-ring (bicyclic) bond motifs is 1. The number of benzene rings is 2. The standard InChI is InChI=1S/C19H22O2/c1-3-13(2)14-8-10-15(11-9-14)19(20)17-12-21-18-7-5-4-6-16(17)18/h4-11,13,17,19-20H,3,12H2,1-2H3. The summed E-state index contributed by atoms with van der Waals surface area (Å²) < 4.78 is 5.67. The SMILES string of the molecule is CCC(C)c1ccc(C(O)C2COc3ccccc32)cc1. The second-order valence-electron chi connectivity index (χ2n) is 5.88. The normalized spacial score (nSPS) is 19.7. The molecule has 1 aliphatic heterocycles. The topological polar surface area (TPSA) is 29.5 Å². The maximum Gasteiger partial charge on any atom is 0.123 e. The third-order valence-corrected chi connectivity index (χ3v) is 4.58. The molecule has 0 bridgehead atoms. The van der Waals surface area contributed by atoms with E-state index < -0.39 is 6.10 Å². The zero-order valence-corrected chi connectivity index (χ0v) is 12.6. The number of para-hydroxylation sites is 1. The van der Waals surface area contributed by atoms with Gasteiger partial charge in [0.25, 0.3) is 0 Å². The van der Waals surface area contributed by atoms with E-state index in [-0.39, 0.29) is 5.92 Å². The molecule has 3 atom stereocenters. The molecule has 1 aliphatic rings. The average molecular weight is 282 g/mol. The second-order valence-corrected chi connectivity index (χ2v) is 5.88. The highest BCUT2D eigenvalue weighted by molar-refractivity contribution is 5.42. The molecule has 0 saturated carbocycles. The van der Waals surface area contributed by atoms with Gasteiger partial charge in [-0.15, -0.1) is 0 Å². The van der Waals surface area contributed by atoms with Gasteiger partial charge < -0.3 is 9.84 Å². The Balaban J connectivity index is 1.81. The van der Waals surface area contributed by atoms with E-state index in [9.17, 15) is 5.11 Å². The van der Waals surface area contributed by atoms with Gasteiger partial charge in [-0.3, -0.25) is 0 Å². The molecular formula is C19H22O2. The second kappa shape index (κ2) is 5.90. The lowest BCUT2D eigenvalue weighted by molar-refractivity contribution is 0.130. The number of hydrogen-bond donors (Lipinski definition) is 1. The Morgan fingerprint density at radius 2 is 1.76 bits per heavy atom. The Bertz CT molecular complexity index is 603. The van der Waals surface area contributed by atoms with E-state index in [0.717, 1.165) is 23.3 Å². The molecule has 1 heterocycles. The number of ether oxygens (including phenoxy) is 1. The zero-order chi connectivity index (χ0) is 14.8. The van der Waals surface area contributed by atoms with Crippen LogP contribution in [0.15, 0.2) is 48.5 Å². The molecule has 0 aliphatic carbocycles. The van der Waals surface area contributed by atoms with E-state index in [1.54, 1.807) is 0 Å². The van der Waals surface area contributed by atoms with Gasteiger partial charge in [0.15, 0.2) is 0 Å². The van der Waals surface area contributed by atoms with Crippen LogP contribution >= 0.6 is 0 Å². The molecule has 2 nitrogen and oxygen atoms in total. The minimum absolute atomic E-state index is 0.0237. The summed E-state index contributed by atoms with van der Waals surface area (Å²) in [6, 6.07) is 16.3. The molecule has 3 rings (SSSR count). The summed E-state index contributed by atoms with van der Waals surface area (Å²) >= 11 is 0. The van der Waals surface area contributed by atoms with Gasteiger partial charge in [0.05, 0.1) is 18.6 Å². The van der Waals surface area contributed by atoms with Gasteiger partial charge in [-0.25, -0.2) is 0 Å². The fourth-order valence-electron chi connectivity index (χ4n) is 2.94. The van der Waals surface area contributed by atoms with Crippen LogP contribution in [0.3, 0.4) is 0 Å². The Labute approximate surface area is 126 Å². The van der Waals surface area contributed by atoms with E-state index in [1.807, 2.05) is 36.4 Å². The van der Waals surface area contributed by atoms with E-state index in [1.165, 1.54) is 5.56 Å². The highest BCUT2D eigenvalue weighted by atomic mass is 16.5. The third kappa shape index (κ3) is 2.68. The van der Waals surface area contributed by atoms with Crippen molar-refractivity contribution in [3.8, 4) is 5.75 Å². The predicted octanol–water partition coefficient (Wildman–Crippen LogP) is 4.41. The number of rotatable bonds is 4. The van der Waals surface area contributed by atoms with Crippen molar-refractivity contribution in [3.05, 3.63) is 65.2 Å². The smallest absolute Gasteiger partial charge is 0.123 e. The molecule has 0 amide bonds. The van der Waals surface area contributed by atoms with Gasteiger partial charge in [0.1, 0.15) is 5.75 Å². The van der Waals surface area contributed by atoms with Gasteiger partial charge >= 0.3 is 0 Å². The fraction of sp³-hybridized carbons (Fsp3) is 0.368. The lowest BCUT2D eigenvalue weighted by atomic mass is 9.89. The summed E-state index contributed by atoms with van der Waals surface area (Å²) in [4.78, 5) is 0. The van der Waals surface area contributed by atoms with Crippen molar-refractivity contribution < 1.29 is 9.84 Å². The van der Waals surface area contributed by atoms with Crippen LogP contribution in [0.1, 0.15) is 54.9 Å². The molecule has 0 aromatic heterocycles. The molecule has 2 heteroatoms. The Morgan fingerprint density at radius 1 is 1.10 bits per heavy atom. The summed E-state index contributed by atoms with van der Waals surface area (Å²) in [7, 11) is 0. The minimum Gasteiger partial charge on any atom is -0.493 e. The maximum atomic E-state index is 10.7. The summed E-state index contributed by atoms with van der Waals surface area (Å²) in [6.45, 7) is 4.97. The molecule has 0 radical (unpaired) electrons. The van der Waals surface area contributed by atoms with Gasteiger partial charge in [0.2, 0.25) is 0 Å². The third-order valence-electron chi connectivity index (χ3n) is 4.58. The van der Waals surface area contributed by atoms with Gasteiger partial charge in [0, 0.05) is 5.56 Å². The highest BCUT2D eigenvalue weighted by Crippen LogP contribution is 2.41. The average Bonchev–Trinajstić information content (AvgIpc) is 2.97. The number of aliphatic hydroxyl groups excluding tert-OH is 1. The van der Waals surface area contributed by atoms with Crippen LogP contribution in [-0.2, 0) is 0 Å². The summed E-state index contributed by atoms with van der Waals surface area (Å²) in [6.07, 6.45) is 0.616. The van der Waals surface area contributed by atoms with Crippen LogP contribution in [0.5, 0.6) is 5.75 Å². The summed E-state index contributed by atoms with van der Waals surface area (Å²) in [5, 5.41) is 10.7. The van der Waals surface area contributed by atoms with Crippen molar-refractivity contribution in [3.63, 3.8) is 0 Å². The predicted molar refractivity (Wildman–Crippen MR) is 84.8 cm³/mol. The van der Waals surface area contributed by atoms with Crippen molar-refractivity contribution in [2.45, 2.75) is 38.2 Å². The molecular weight excluding hydrogens is 260 g/mol. The number of hydrogen-bond acceptors (Lipinski definition) is 2. The molecule has 110 valence electrons. The molecule has 21 heavy (non-hydrogen) atoms. The van der Waals surface area contributed by atoms with Gasteiger partial charge in [-0.05, 0) is 29.5 Å². The summed E-state index contributed by atoms with van der Waals surface area (Å²) in [5.74, 6) is 1.49. The molecule has 2 aromatic carbocycles. The quantitative estimate of drug-likeness (QED) is 0.900. The zero-order valence-electron chi connectivity index (χ0n) is 12.6. The van der Waals surface area contributed by atoms with Crippen LogP contribution in [0.25, 0.3) is 0 Å². The van der Waals surface area contributed by atoms with Crippen LogP contribution in [0, 0.1) is 0 Å². The molecule has 2 aromatic rings. The lowest BCUT2D eigenvalue weighted by Gasteiger charge is -2.18. The van der Waals surface area contributed by atoms with E-state index in [4.69, 9.17) is 4.74 Å². The van der Waals surface area contributed by atoms with Crippen LogP contribution in [0.4, 0.5) is 0 Å². The van der Waals surface area contributed by atoms with Crippen LogP contribution in [0.2, 0.25) is 0 Å². The molecule has 3 unspecified atom stereocenters. The van der Waals surface area contributed by atoms with E-state index in [2.05, 4.69) is 26.0 Å². The largest absolute Gasteiger partial charge is 0.493 e. The first-order chi connectivity index (χ1) is 10.2. The Kier molecular flexibility index (Phi) is 3.98. The number of aliphatic hydroxyl groups is 1. The maximum absolute atomic E-state index is 10.7. The van der Waals surface area contributed by atoms with Crippen molar-refractivity contribution in [2.75, 3.05) is 6.61 Å². The first-order valence-corrected chi connectivity index (χ1v) is 7.70. The fourth-order valence-corrected chi connectivity index (χ4v) is 2.94. The lowest BCUT2D eigenvalue weighted by Crippen LogP contribution is -2.12. The van der Waals surface area contributed by atoms with Crippen LogP contribution < -0.4 is 4.74 Å². The summed E-state index contributed by atoms with van der Waals surface area (Å²) in [5.41, 5.74) is 3.40. The highest BCUT2D eigenvalue weighted by Gasteiger charge is 2.30. The van der Waals surface area contributed by atoms with Gasteiger partial charge in [-0.1, -0.05) is 56.3 Å². The first kappa shape index (κ1) is 14.2. The van der Waals surface area contributed by atoms with E-state index in [0.29, 0.717) is 12.5 Å². The Hall–Kier alpha value is -1.80. The molecule has 0 spiro atoms. The first-order valence-electron chi connectivity index (χ1n) is 7.70. The van der Waals surface area contributed by atoms with E-state index >= 15 is 0 Å². The van der Waals surface area contributed by atoms with Crippen molar-refractivity contribution in [1.29, 1.82) is 0 Å².